The smallest absolute Gasteiger partial charge is 0.300 e. The van der Waals surface area contributed by atoms with E-state index in [1.165, 1.54) is 0 Å². The van der Waals surface area contributed by atoms with Crippen molar-refractivity contribution in [1.29, 1.82) is 0 Å². The number of hydrogen-bond donors (Lipinski definition) is 2. The molecule has 0 aliphatic carbocycles. The van der Waals surface area contributed by atoms with Gasteiger partial charge in [0.1, 0.15) is 5.75 Å². The van der Waals surface area contributed by atoms with Crippen molar-refractivity contribution < 1.29 is 4.74 Å². The van der Waals surface area contributed by atoms with Gasteiger partial charge in [-0.2, -0.15) is 4.98 Å². The molecule has 3 aromatic rings. The third kappa shape index (κ3) is 2.00. The second kappa shape index (κ2) is 4.07. The lowest BCUT2D eigenvalue weighted by Gasteiger charge is -2.01. The van der Waals surface area contributed by atoms with E-state index in [0.29, 0.717) is 11.7 Å². The van der Waals surface area contributed by atoms with Crippen LogP contribution in [0.25, 0.3) is 11.0 Å². The van der Waals surface area contributed by atoms with Crippen LogP contribution in [0.3, 0.4) is 0 Å². The molecule has 0 aliphatic rings. The fourth-order valence-electron chi connectivity index (χ4n) is 1.84. The normalized spacial score (nSPS) is 10.7. The van der Waals surface area contributed by atoms with E-state index in [-0.39, 0.29) is 0 Å². The number of ether oxygens (including phenoxy) is 1. The molecule has 1 heterocycles. The van der Waals surface area contributed by atoms with Crippen LogP contribution in [0.4, 0.5) is 5.69 Å². The van der Waals surface area contributed by atoms with Gasteiger partial charge < -0.3 is 15.5 Å². The van der Waals surface area contributed by atoms with Crippen LogP contribution in [0.2, 0.25) is 0 Å². The van der Waals surface area contributed by atoms with Gasteiger partial charge in [0.15, 0.2) is 0 Å². The molecule has 3 N–H and O–H groups in total. The number of fused-ring (bicyclic) bond motifs is 1. The van der Waals surface area contributed by atoms with Gasteiger partial charge in [-0.3, -0.25) is 0 Å². The van der Waals surface area contributed by atoms with Gasteiger partial charge in [-0.05, 0) is 42.8 Å². The highest BCUT2D eigenvalue weighted by molar-refractivity contribution is 5.79. The van der Waals surface area contributed by atoms with E-state index in [1.54, 1.807) is 0 Å². The van der Waals surface area contributed by atoms with Gasteiger partial charge in [0.2, 0.25) is 0 Å². The van der Waals surface area contributed by atoms with Crippen molar-refractivity contribution in [3.63, 3.8) is 0 Å². The number of nitrogen functional groups attached to an aromatic ring is 1. The number of nitrogens with zero attached hydrogens (tertiary/aromatic N) is 1. The first kappa shape index (κ1) is 10.7. The van der Waals surface area contributed by atoms with Crippen molar-refractivity contribution >= 4 is 16.7 Å². The molecule has 0 spiro atoms. The lowest BCUT2D eigenvalue weighted by atomic mass is 10.2. The minimum Gasteiger partial charge on any atom is -0.426 e. The first-order chi connectivity index (χ1) is 8.70. The molecule has 0 bridgehead atoms. The van der Waals surface area contributed by atoms with Gasteiger partial charge in [0.25, 0.3) is 6.01 Å². The van der Waals surface area contributed by atoms with Crippen LogP contribution in [0, 0.1) is 6.92 Å². The van der Waals surface area contributed by atoms with Gasteiger partial charge in [-0.15, -0.1) is 0 Å². The highest BCUT2D eigenvalue weighted by atomic mass is 16.5. The molecule has 0 radical (unpaired) electrons. The monoisotopic (exact) mass is 239 g/mol. The minimum absolute atomic E-state index is 0.473. The first-order valence-electron chi connectivity index (χ1n) is 5.70. The van der Waals surface area contributed by atoms with E-state index in [1.807, 2.05) is 49.4 Å². The summed E-state index contributed by atoms with van der Waals surface area (Å²) in [5.74, 6) is 0.766. The maximum atomic E-state index is 5.72. The SMILES string of the molecule is Cc1cccc(Oc2nc3ccc(N)cc3[nH]2)c1. The summed E-state index contributed by atoms with van der Waals surface area (Å²) >= 11 is 0. The molecule has 4 heteroatoms. The second-order valence-corrected chi connectivity index (χ2v) is 4.24. The Bertz CT molecular complexity index is 703. The van der Waals surface area contributed by atoms with E-state index in [0.717, 1.165) is 22.3 Å². The van der Waals surface area contributed by atoms with Gasteiger partial charge in [0.05, 0.1) is 11.0 Å². The highest BCUT2D eigenvalue weighted by Gasteiger charge is 2.05. The molecule has 0 saturated heterocycles. The van der Waals surface area contributed by atoms with Crippen LogP contribution in [0.15, 0.2) is 42.5 Å². The lowest BCUT2D eigenvalue weighted by Crippen LogP contribution is -1.86. The summed E-state index contributed by atoms with van der Waals surface area (Å²) in [7, 11) is 0. The second-order valence-electron chi connectivity index (χ2n) is 4.24. The molecule has 18 heavy (non-hydrogen) atoms. The van der Waals surface area contributed by atoms with E-state index >= 15 is 0 Å². The molecule has 0 aliphatic heterocycles. The van der Waals surface area contributed by atoms with E-state index in [9.17, 15) is 0 Å². The van der Waals surface area contributed by atoms with E-state index in [2.05, 4.69) is 9.97 Å². The third-order valence-electron chi connectivity index (χ3n) is 2.69. The standard InChI is InChI=1S/C14H13N3O/c1-9-3-2-4-11(7-9)18-14-16-12-6-5-10(15)8-13(12)17-14/h2-8H,15H2,1H3,(H,16,17). The van der Waals surface area contributed by atoms with Crippen molar-refractivity contribution in [2.75, 3.05) is 5.73 Å². The zero-order chi connectivity index (χ0) is 12.5. The Labute approximate surface area is 104 Å². The molecule has 1 aromatic heterocycles. The van der Waals surface area contributed by atoms with Gasteiger partial charge in [-0.25, -0.2) is 0 Å². The molecule has 0 saturated carbocycles. The molecule has 0 amide bonds. The summed E-state index contributed by atoms with van der Waals surface area (Å²) in [6.07, 6.45) is 0. The van der Waals surface area contributed by atoms with Gasteiger partial charge in [-0.1, -0.05) is 12.1 Å². The molecular weight excluding hydrogens is 226 g/mol. The lowest BCUT2D eigenvalue weighted by molar-refractivity contribution is 0.449. The number of imidazole rings is 1. The van der Waals surface area contributed by atoms with Crippen LogP contribution in [0.5, 0.6) is 11.8 Å². The van der Waals surface area contributed by atoms with Crippen LogP contribution >= 0.6 is 0 Å². The number of rotatable bonds is 2. The Hall–Kier alpha value is -2.49. The van der Waals surface area contributed by atoms with Crippen LogP contribution < -0.4 is 10.5 Å². The number of anilines is 1. The molecule has 3 rings (SSSR count). The van der Waals surface area contributed by atoms with Crippen molar-refractivity contribution in [3.05, 3.63) is 48.0 Å². The molecule has 4 nitrogen and oxygen atoms in total. The van der Waals surface area contributed by atoms with Crippen molar-refractivity contribution in [2.45, 2.75) is 6.92 Å². The number of aryl methyl sites for hydroxylation is 1. The predicted octanol–water partition coefficient (Wildman–Crippen LogP) is 3.25. The summed E-state index contributed by atoms with van der Waals surface area (Å²) < 4.78 is 5.68. The largest absolute Gasteiger partial charge is 0.426 e. The van der Waals surface area contributed by atoms with Crippen molar-refractivity contribution in [1.82, 2.24) is 9.97 Å². The number of H-pyrrole nitrogens is 1. The Balaban J connectivity index is 1.95. The summed E-state index contributed by atoms with van der Waals surface area (Å²) in [6, 6.07) is 13.8. The Kier molecular flexibility index (Phi) is 2.41. The molecule has 0 fully saturated rings. The van der Waals surface area contributed by atoms with Crippen molar-refractivity contribution in [2.24, 2.45) is 0 Å². The summed E-state index contributed by atoms with van der Waals surface area (Å²) in [4.78, 5) is 7.44. The van der Waals surface area contributed by atoms with Crippen LogP contribution in [-0.2, 0) is 0 Å². The number of benzene rings is 2. The van der Waals surface area contributed by atoms with Crippen LogP contribution in [0.1, 0.15) is 5.56 Å². The van der Waals surface area contributed by atoms with E-state index < -0.39 is 0 Å². The molecular formula is C14H13N3O. The quantitative estimate of drug-likeness (QED) is 0.675. The number of hydrogen-bond acceptors (Lipinski definition) is 3. The Morgan fingerprint density at radius 1 is 1.17 bits per heavy atom. The average Bonchev–Trinajstić information content (AvgIpc) is 2.70. The summed E-state index contributed by atoms with van der Waals surface area (Å²) in [6.45, 7) is 2.02. The Morgan fingerprint density at radius 2 is 2.06 bits per heavy atom. The predicted molar refractivity (Wildman–Crippen MR) is 71.8 cm³/mol. The summed E-state index contributed by atoms with van der Waals surface area (Å²) in [5.41, 5.74) is 9.28. The maximum Gasteiger partial charge on any atom is 0.300 e. The fraction of sp³-hybridized carbons (Fsp3) is 0.0714. The molecule has 2 aromatic carbocycles. The number of nitrogens with one attached hydrogen (secondary N) is 1. The minimum atomic E-state index is 0.473. The Morgan fingerprint density at radius 3 is 2.89 bits per heavy atom. The first-order valence-corrected chi connectivity index (χ1v) is 5.70. The number of aromatic nitrogens is 2. The van der Waals surface area contributed by atoms with Crippen LogP contribution in [-0.4, -0.2) is 9.97 Å². The third-order valence-corrected chi connectivity index (χ3v) is 2.69. The number of nitrogens with two attached hydrogens (primary N) is 1. The van der Waals surface area contributed by atoms with Gasteiger partial charge >= 0.3 is 0 Å². The maximum absolute atomic E-state index is 5.72. The molecule has 0 unspecified atom stereocenters. The molecule has 90 valence electrons. The zero-order valence-corrected chi connectivity index (χ0v) is 9.97. The van der Waals surface area contributed by atoms with E-state index in [4.69, 9.17) is 10.5 Å². The van der Waals surface area contributed by atoms with Crippen molar-refractivity contribution in [3.8, 4) is 11.8 Å². The summed E-state index contributed by atoms with van der Waals surface area (Å²) in [5, 5.41) is 0. The van der Waals surface area contributed by atoms with Gasteiger partial charge in [0, 0.05) is 5.69 Å². The average molecular weight is 239 g/mol. The highest BCUT2D eigenvalue weighted by Crippen LogP contribution is 2.23. The number of aromatic amines is 1. The molecule has 0 atom stereocenters. The topological polar surface area (TPSA) is 63.9 Å². The fourth-order valence-corrected chi connectivity index (χ4v) is 1.84. The zero-order valence-electron chi connectivity index (χ0n) is 9.97.